The van der Waals surface area contributed by atoms with Crippen molar-refractivity contribution in [2.24, 2.45) is 16.5 Å². The first kappa shape index (κ1) is 15.4. The van der Waals surface area contributed by atoms with Crippen LogP contribution in [0, 0.1) is 0 Å². The summed E-state index contributed by atoms with van der Waals surface area (Å²) in [4.78, 5) is 15.6. The van der Waals surface area contributed by atoms with Crippen LogP contribution in [0.2, 0.25) is 0 Å². The van der Waals surface area contributed by atoms with Crippen molar-refractivity contribution < 1.29 is 9.53 Å². The molecule has 0 radical (unpaired) electrons. The van der Waals surface area contributed by atoms with Gasteiger partial charge < -0.3 is 16.2 Å². The van der Waals surface area contributed by atoms with Gasteiger partial charge in [-0.25, -0.2) is 4.79 Å². The van der Waals surface area contributed by atoms with E-state index in [0.717, 1.165) is 5.56 Å². The van der Waals surface area contributed by atoms with Crippen molar-refractivity contribution in [3.8, 4) is 5.75 Å². The van der Waals surface area contributed by atoms with Crippen LogP contribution in [0.15, 0.2) is 59.6 Å². The second kappa shape index (κ2) is 7.68. The minimum Gasteiger partial charge on any atom is -0.410 e. The molecule has 0 fully saturated rings. The van der Waals surface area contributed by atoms with Gasteiger partial charge in [-0.05, 0) is 36.2 Å². The van der Waals surface area contributed by atoms with E-state index in [1.807, 2.05) is 30.3 Å². The second-order valence-electron chi connectivity index (χ2n) is 4.58. The highest BCUT2D eigenvalue weighted by Crippen LogP contribution is 2.14. The Kier molecular flexibility index (Phi) is 5.37. The van der Waals surface area contributed by atoms with Gasteiger partial charge in [0.15, 0.2) is 5.96 Å². The maximum Gasteiger partial charge on any atom is 0.417 e. The van der Waals surface area contributed by atoms with Crippen molar-refractivity contribution in [3.05, 3.63) is 60.2 Å². The number of guanidine groups is 1. The summed E-state index contributed by atoms with van der Waals surface area (Å²) in [6.07, 6.45) is 0.188. The molecule has 0 heterocycles. The number of carbonyl (C=O) groups excluding carboxylic acids is 1. The van der Waals surface area contributed by atoms with E-state index >= 15 is 0 Å². The number of para-hydroxylation sites is 1. The molecule has 0 aliphatic carbocycles. The molecule has 2 aromatic rings. The molecule has 2 aromatic carbocycles. The van der Waals surface area contributed by atoms with Gasteiger partial charge in [0.25, 0.3) is 0 Å². The van der Waals surface area contributed by atoms with Crippen molar-refractivity contribution in [1.82, 2.24) is 0 Å². The highest BCUT2D eigenvalue weighted by molar-refractivity contribution is 5.86. The third kappa shape index (κ3) is 5.16. The summed E-state index contributed by atoms with van der Waals surface area (Å²) in [6, 6.07) is 16.3. The molecule has 0 bridgehead atoms. The number of aliphatic imine (C=N–C) groups is 1. The number of carbonyl (C=O) groups is 1. The van der Waals surface area contributed by atoms with Gasteiger partial charge in [0, 0.05) is 12.2 Å². The van der Waals surface area contributed by atoms with E-state index in [1.165, 1.54) is 0 Å². The Bertz CT molecular complexity index is 635. The van der Waals surface area contributed by atoms with Crippen LogP contribution in [0.5, 0.6) is 5.75 Å². The van der Waals surface area contributed by atoms with E-state index in [9.17, 15) is 4.79 Å². The molecule has 114 valence electrons. The zero-order valence-electron chi connectivity index (χ0n) is 12.0. The average molecular weight is 298 g/mol. The second-order valence-corrected chi connectivity index (χ2v) is 4.58. The number of nitrogens with one attached hydrogen (secondary N) is 1. The number of anilines is 1. The van der Waals surface area contributed by atoms with Crippen LogP contribution >= 0.6 is 0 Å². The molecule has 22 heavy (non-hydrogen) atoms. The molecular formula is C16H18N4O2. The summed E-state index contributed by atoms with van der Waals surface area (Å²) in [5.41, 5.74) is 12.3. The van der Waals surface area contributed by atoms with E-state index < -0.39 is 6.09 Å². The first-order valence-electron chi connectivity index (χ1n) is 6.82. The number of ether oxygens (including phenoxy) is 1. The average Bonchev–Trinajstić information content (AvgIpc) is 2.49. The fourth-order valence-electron chi connectivity index (χ4n) is 1.81. The van der Waals surface area contributed by atoms with Crippen LogP contribution in [0.25, 0.3) is 0 Å². The predicted molar refractivity (Wildman–Crippen MR) is 86.9 cm³/mol. The van der Waals surface area contributed by atoms with Gasteiger partial charge in [0.2, 0.25) is 0 Å². The van der Waals surface area contributed by atoms with Crippen LogP contribution in [0.3, 0.4) is 0 Å². The van der Waals surface area contributed by atoms with Gasteiger partial charge in [0.05, 0.1) is 0 Å². The molecule has 6 heteroatoms. The van der Waals surface area contributed by atoms with Gasteiger partial charge in [0.1, 0.15) is 5.75 Å². The molecule has 2 rings (SSSR count). The predicted octanol–water partition coefficient (Wildman–Crippen LogP) is 2.11. The Morgan fingerprint density at radius 2 is 1.73 bits per heavy atom. The fraction of sp³-hybridized carbons (Fsp3) is 0.125. The Morgan fingerprint density at radius 3 is 2.36 bits per heavy atom. The van der Waals surface area contributed by atoms with Gasteiger partial charge in [-0.2, -0.15) is 0 Å². The van der Waals surface area contributed by atoms with Crippen LogP contribution < -0.4 is 21.5 Å². The maximum atomic E-state index is 11.7. The lowest BCUT2D eigenvalue weighted by Crippen LogP contribution is -2.23. The topological polar surface area (TPSA) is 103 Å². The van der Waals surface area contributed by atoms with Gasteiger partial charge in [-0.3, -0.25) is 10.3 Å². The molecule has 0 spiro atoms. The highest BCUT2D eigenvalue weighted by atomic mass is 16.6. The summed E-state index contributed by atoms with van der Waals surface area (Å²) >= 11 is 0. The van der Waals surface area contributed by atoms with Crippen molar-refractivity contribution in [3.63, 3.8) is 0 Å². The summed E-state index contributed by atoms with van der Waals surface area (Å²) in [7, 11) is 0. The van der Waals surface area contributed by atoms with E-state index in [1.54, 1.807) is 24.3 Å². The molecule has 0 saturated heterocycles. The fourth-order valence-corrected chi connectivity index (χ4v) is 1.81. The smallest absolute Gasteiger partial charge is 0.410 e. The monoisotopic (exact) mass is 298 g/mol. The lowest BCUT2D eigenvalue weighted by atomic mass is 10.1. The molecule has 0 atom stereocenters. The third-order valence-electron chi connectivity index (χ3n) is 2.85. The SMILES string of the molecule is NC(N)=NCCc1ccc(OC(=O)Nc2ccccc2)cc1. The van der Waals surface area contributed by atoms with E-state index in [0.29, 0.717) is 24.4 Å². The van der Waals surface area contributed by atoms with E-state index in [-0.39, 0.29) is 5.96 Å². The number of hydrogen-bond donors (Lipinski definition) is 3. The molecular weight excluding hydrogens is 280 g/mol. The molecule has 0 aliphatic rings. The molecule has 0 aromatic heterocycles. The highest BCUT2D eigenvalue weighted by Gasteiger charge is 2.04. The summed E-state index contributed by atoms with van der Waals surface area (Å²) in [5, 5.41) is 2.65. The summed E-state index contributed by atoms with van der Waals surface area (Å²) in [5.74, 6) is 0.552. The number of benzene rings is 2. The molecule has 1 amide bonds. The Morgan fingerprint density at radius 1 is 1.05 bits per heavy atom. The zero-order chi connectivity index (χ0) is 15.8. The Hall–Kier alpha value is -3.02. The minimum atomic E-state index is -0.528. The maximum absolute atomic E-state index is 11.7. The van der Waals surface area contributed by atoms with Crippen LogP contribution in [-0.4, -0.2) is 18.6 Å². The van der Waals surface area contributed by atoms with Crippen LogP contribution in [-0.2, 0) is 6.42 Å². The van der Waals surface area contributed by atoms with Gasteiger partial charge >= 0.3 is 6.09 Å². The molecule has 0 aliphatic heterocycles. The number of nitrogens with zero attached hydrogens (tertiary/aromatic N) is 1. The lowest BCUT2D eigenvalue weighted by Gasteiger charge is -2.07. The number of hydrogen-bond acceptors (Lipinski definition) is 3. The first-order chi connectivity index (χ1) is 10.6. The molecule has 5 N–H and O–H groups in total. The number of nitrogens with two attached hydrogens (primary N) is 2. The number of amides is 1. The largest absolute Gasteiger partial charge is 0.417 e. The summed E-state index contributed by atoms with van der Waals surface area (Å²) in [6.45, 7) is 0.525. The first-order valence-corrected chi connectivity index (χ1v) is 6.82. The van der Waals surface area contributed by atoms with Crippen molar-refractivity contribution in [1.29, 1.82) is 0 Å². The zero-order valence-corrected chi connectivity index (χ0v) is 12.0. The molecule has 0 unspecified atom stereocenters. The number of rotatable bonds is 5. The molecule has 0 saturated carbocycles. The van der Waals surface area contributed by atoms with Crippen molar-refractivity contribution >= 4 is 17.7 Å². The van der Waals surface area contributed by atoms with Crippen LogP contribution in [0.1, 0.15) is 5.56 Å². The van der Waals surface area contributed by atoms with E-state index in [2.05, 4.69) is 10.3 Å². The lowest BCUT2D eigenvalue weighted by molar-refractivity contribution is 0.215. The standard InChI is InChI=1S/C16H18N4O2/c17-15(18)19-11-10-12-6-8-14(9-7-12)22-16(21)20-13-4-2-1-3-5-13/h1-9H,10-11H2,(H,20,21)(H4,17,18,19). The van der Waals surface area contributed by atoms with Crippen molar-refractivity contribution in [2.45, 2.75) is 6.42 Å². The Balaban J connectivity index is 1.85. The van der Waals surface area contributed by atoms with Crippen molar-refractivity contribution in [2.75, 3.05) is 11.9 Å². The molecule has 6 nitrogen and oxygen atoms in total. The van der Waals surface area contributed by atoms with Gasteiger partial charge in [-0.1, -0.05) is 30.3 Å². The van der Waals surface area contributed by atoms with E-state index in [4.69, 9.17) is 16.2 Å². The quantitative estimate of drug-likeness (QED) is 0.581. The normalized spacial score (nSPS) is 9.82. The third-order valence-corrected chi connectivity index (χ3v) is 2.85. The minimum absolute atomic E-state index is 0.0811. The Labute approximate surface area is 128 Å². The van der Waals surface area contributed by atoms with Crippen LogP contribution in [0.4, 0.5) is 10.5 Å². The van der Waals surface area contributed by atoms with Gasteiger partial charge in [-0.15, -0.1) is 0 Å². The summed E-state index contributed by atoms with van der Waals surface area (Å²) < 4.78 is 5.20.